The average Bonchev–Trinajstić information content (AvgIpc) is 2.32. The van der Waals surface area contributed by atoms with E-state index in [4.69, 9.17) is 0 Å². The van der Waals surface area contributed by atoms with Crippen molar-refractivity contribution in [2.75, 3.05) is 7.11 Å². The summed E-state index contributed by atoms with van der Waals surface area (Å²) in [6, 6.07) is 0. The van der Waals surface area contributed by atoms with Gasteiger partial charge in [0.1, 0.15) is 12.7 Å². The Bertz CT molecular complexity index is 280. The number of hydrogen-bond donors (Lipinski definition) is 0. The molecule has 0 aromatic carbocycles. The molecular weight excluding hydrogens is 159 g/mol. The van der Waals surface area contributed by atoms with Crippen molar-refractivity contribution in [2.24, 2.45) is 0 Å². The maximum atomic E-state index is 11.0. The van der Waals surface area contributed by atoms with Crippen molar-refractivity contribution in [3.63, 3.8) is 0 Å². The van der Waals surface area contributed by atoms with E-state index in [1.54, 1.807) is 0 Å². The van der Waals surface area contributed by atoms with Crippen LogP contribution in [0.2, 0.25) is 0 Å². The molecule has 1 heterocycles. The molecule has 0 saturated heterocycles. The summed E-state index contributed by atoms with van der Waals surface area (Å²) in [5.41, 5.74) is 2.18. The van der Waals surface area contributed by atoms with E-state index < -0.39 is 0 Å². The van der Waals surface area contributed by atoms with Gasteiger partial charge in [-0.2, -0.15) is 0 Å². The number of rotatable bonds is 1. The lowest BCUT2D eigenvalue weighted by atomic mass is 9.93. The Morgan fingerprint density at radius 2 is 2.36 bits per heavy atom. The summed E-state index contributed by atoms with van der Waals surface area (Å²) in [6.07, 6.45) is 0. The SMILES string of the molecule is Bc1c(C)csc1C(=O)OC. The fourth-order valence-corrected chi connectivity index (χ4v) is 1.79. The summed E-state index contributed by atoms with van der Waals surface area (Å²) < 4.78 is 4.60. The molecule has 0 amide bonds. The molecular formula is C7H9BO2S. The van der Waals surface area contributed by atoms with Crippen LogP contribution in [0.1, 0.15) is 15.2 Å². The van der Waals surface area contributed by atoms with Crippen LogP contribution < -0.4 is 5.46 Å². The maximum Gasteiger partial charge on any atom is 0.347 e. The highest BCUT2D eigenvalue weighted by atomic mass is 32.1. The van der Waals surface area contributed by atoms with Gasteiger partial charge >= 0.3 is 5.97 Å². The number of methoxy groups -OCH3 is 1. The Labute approximate surface area is 70.6 Å². The van der Waals surface area contributed by atoms with Gasteiger partial charge in [-0.25, -0.2) is 4.79 Å². The van der Waals surface area contributed by atoms with Gasteiger partial charge in [-0.3, -0.25) is 0 Å². The Morgan fingerprint density at radius 3 is 2.73 bits per heavy atom. The van der Waals surface area contributed by atoms with E-state index in [9.17, 15) is 4.79 Å². The minimum atomic E-state index is -0.236. The van der Waals surface area contributed by atoms with Crippen LogP contribution in [0.5, 0.6) is 0 Å². The van der Waals surface area contributed by atoms with E-state index in [-0.39, 0.29) is 5.97 Å². The van der Waals surface area contributed by atoms with E-state index in [1.807, 2.05) is 20.2 Å². The quantitative estimate of drug-likeness (QED) is 0.439. The average molecular weight is 168 g/mol. The van der Waals surface area contributed by atoms with Gasteiger partial charge in [0.2, 0.25) is 0 Å². The van der Waals surface area contributed by atoms with Crippen molar-refractivity contribution in [2.45, 2.75) is 6.92 Å². The van der Waals surface area contributed by atoms with E-state index in [0.29, 0.717) is 4.88 Å². The van der Waals surface area contributed by atoms with Crippen LogP contribution in [0.3, 0.4) is 0 Å². The molecule has 0 atom stereocenters. The number of carbonyl (C=O) groups is 1. The first-order valence-corrected chi connectivity index (χ1v) is 4.17. The first-order valence-electron chi connectivity index (χ1n) is 3.29. The second kappa shape index (κ2) is 3.09. The molecule has 1 aromatic rings. The highest BCUT2D eigenvalue weighted by molar-refractivity contribution is 7.13. The van der Waals surface area contributed by atoms with Gasteiger partial charge in [-0.1, -0.05) is 5.46 Å². The molecule has 2 nitrogen and oxygen atoms in total. The Balaban J connectivity index is 3.04. The summed E-state index contributed by atoms with van der Waals surface area (Å²) >= 11 is 1.43. The van der Waals surface area contributed by atoms with Crippen LogP contribution >= 0.6 is 11.3 Å². The molecule has 4 heteroatoms. The van der Waals surface area contributed by atoms with Crippen LogP contribution in [0.15, 0.2) is 5.38 Å². The zero-order chi connectivity index (χ0) is 8.43. The minimum Gasteiger partial charge on any atom is -0.465 e. The molecule has 0 unspecified atom stereocenters. The van der Waals surface area contributed by atoms with Crippen molar-refractivity contribution < 1.29 is 9.53 Å². The number of ether oxygens (including phenoxy) is 1. The molecule has 0 aliphatic carbocycles. The molecule has 1 aromatic heterocycles. The lowest BCUT2D eigenvalue weighted by molar-refractivity contribution is 0.0607. The predicted octanol–water partition coefficient (Wildman–Crippen LogP) is 0.102. The monoisotopic (exact) mass is 168 g/mol. The normalized spacial score (nSPS) is 9.64. The first kappa shape index (κ1) is 8.33. The standard InChI is InChI=1S/C7H9BO2S/c1-4-3-11-6(5(4)8)7(9)10-2/h3H,8H2,1-2H3. The van der Waals surface area contributed by atoms with Gasteiger partial charge in [0, 0.05) is 0 Å². The van der Waals surface area contributed by atoms with Gasteiger partial charge in [0.05, 0.1) is 7.11 Å². The zero-order valence-electron chi connectivity index (χ0n) is 6.80. The number of aryl methyl sites for hydroxylation is 1. The van der Waals surface area contributed by atoms with Crippen LogP contribution in [0.4, 0.5) is 0 Å². The van der Waals surface area contributed by atoms with E-state index in [0.717, 1.165) is 11.0 Å². The zero-order valence-corrected chi connectivity index (χ0v) is 7.62. The lowest BCUT2D eigenvalue weighted by Crippen LogP contribution is -2.14. The fourth-order valence-electron chi connectivity index (χ4n) is 0.797. The summed E-state index contributed by atoms with van der Waals surface area (Å²) in [6.45, 7) is 1.98. The van der Waals surface area contributed by atoms with Crippen molar-refractivity contribution >= 4 is 30.6 Å². The Morgan fingerprint density at radius 1 is 1.73 bits per heavy atom. The highest BCUT2D eigenvalue weighted by Crippen LogP contribution is 2.10. The molecule has 0 aliphatic heterocycles. The van der Waals surface area contributed by atoms with Gasteiger partial charge in [0.15, 0.2) is 0 Å². The van der Waals surface area contributed by atoms with Crippen molar-refractivity contribution in [3.05, 3.63) is 15.8 Å². The largest absolute Gasteiger partial charge is 0.465 e. The molecule has 0 saturated carbocycles. The second-order valence-electron chi connectivity index (χ2n) is 2.36. The number of carbonyl (C=O) groups excluding carboxylic acids is 1. The molecule has 0 spiro atoms. The molecule has 0 aliphatic rings. The lowest BCUT2D eigenvalue weighted by Gasteiger charge is -1.96. The molecule has 11 heavy (non-hydrogen) atoms. The van der Waals surface area contributed by atoms with Crippen molar-refractivity contribution in [1.82, 2.24) is 0 Å². The smallest absolute Gasteiger partial charge is 0.347 e. The third-order valence-electron chi connectivity index (χ3n) is 1.66. The van der Waals surface area contributed by atoms with E-state index in [1.165, 1.54) is 18.4 Å². The van der Waals surface area contributed by atoms with Gasteiger partial charge < -0.3 is 4.74 Å². The number of hydrogen-bond acceptors (Lipinski definition) is 3. The third kappa shape index (κ3) is 1.45. The van der Waals surface area contributed by atoms with Crippen LogP contribution in [-0.2, 0) is 4.74 Å². The van der Waals surface area contributed by atoms with Crippen molar-refractivity contribution in [3.8, 4) is 0 Å². The molecule has 0 fully saturated rings. The van der Waals surface area contributed by atoms with Crippen LogP contribution in [0, 0.1) is 6.92 Å². The Hall–Kier alpha value is -0.765. The molecule has 0 N–H and O–H groups in total. The van der Waals surface area contributed by atoms with Gasteiger partial charge in [-0.05, 0) is 17.9 Å². The van der Waals surface area contributed by atoms with Crippen LogP contribution in [-0.4, -0.2) is 20.9 Å². The number of thiophene rings is 1. The summed E-state index contributed by atoms with van der Waals surface area (Å²) in [5.74, 6) is -0.236. The van der Waals surface area contributed by atoms with E-state index >= 15 is 0 Å². The number of esters is 1. The summed E-state index contributed by atoms with van der Waals surface area (Å²) in [7, 11) is 3.33. The predicted molar refractivity (Wildman–Crippen MR) is 48.6 cm³/mol. The highest BCUT2D eigenvalue weighted by Gasteiger charge is 2.11. The Kier molecular flexibility index (Phi) is 2.34. The second-order valence-corrected chi connectivity index (χ2v) is 3.24. The fraction of sp³-hybridized carbons (Fsp3) is 0.286. The summed E-state index contributed by atoms with van der Waals surface area (Å²) in [4.78, 5) is 11.7. The molecule has 1 rings (SSSR count). The maximum absolute atomic E-state index is 11.0. The topological polar surface area (TPSA) is 26.3 Å². The third-order valence-corrected chi connectivity index (χ3v) is 2.84. The van der Waals surface area contributed by atoms with Crippen LogP contribution in [0.25, 0.3) is 0 Å². The van der Waals surface area contributed by atoms with Gasteiger partial charge in [-0.15, -0.1) is 11.3 Å². The van der Waals surface area contributed by atoms with Crippen molar-refractivity contribution in [1.29, 1.82) is 0 Å². The minimum absolute atomic E-state index is 0.236. The molecule has 0 bridgehead atoms. The first-order chi connectivity index (χ1) is 5.16. The van der Waals surface area contributed by atoms with E-state index in [2.05, 4.69) is 4.74 Å². The summed E-state index contributed by atoms with van der Waals surface area (Å²) in [5, 5.41) is 1.96. The molecule has 0 radical (unpaired) electrons. The molecule has 58 valence electrons. The van der Waals surface area contributed by atoms with Gasteiger partial charge in [0.25, 0.3) is 0 Å².